The second kappa shape index (κ2) is 5.54. The van der Waals surface area contributed by atoms with E-state index in [-0.39, 0.29) is 0 Å². The van der Waals surface area contributed by atoms with Crippen LogP contribution in [0.3, 0.4) is 0 Å². The topological polar surface area (TPSA) is 40.5 Å². The molecule has 2 atom stereocenters. The van der Waals surface area contributed by atoms with Gasteiger partial charge in [-0.2, -0.15) is 17.6 Å². The van der Waals surface area contributed by atoms with E-state index in [0.29, 0.717) is 0 Å². The fraction of sp³-hybridized carbons (Fsp3) is 1.00. The molecule has 0 amide bonds. The zero-order valence-corrected chi connectivity index (χ0v) is 9.24. The van der Waals surface area contributed by atoms with Gasteiger partial charge in [0.2, 0.25) is 12.3 Å². The van der Waals surface area contributed by atoms with Crippen molar-refractivity contribution in [2.75, 3.05) is 13.2 Å². The molecule has 0 spiro atoms. The van der Waals surface area contributed by atoms with Crippen LogP contribution in [0, 0.1) is 0 Å². The van der Waals surface area contributed by atoms with Crippen LogP contribution in [0.2, 0.25) is 0 Å². The quantitative estimate of drug-likeness (QED) is 0.704. The summed E-state index contributed by atoms with van der Waals surface area (Å²) in [6, 6.07) is 0. The average molecular weight is 326 g/mol. The lowest BCUT2D eigenvalue weighted by atomic mass is 9.95. The number of aliphatic hydroxyl groups is 2. The second-order valence-corrected chi connectivity index (χ2v) is 3.81. The van der Waals surface area contributed by atoms with Crippen LogP contribution >= 0.6 is 0 Å². The van der Waals surface area contributed by atoms with Gasteiger partial charge in [0.15, 0.2) is 0 Å². The molecule has 0 aromatic rings. The third kappa shape index (κ3) is 3.10. The van der Waals surface area contributed by atoms with E-state index in [0.717, 1.165) is 0 Å². The maximum absolute atomic E-state index is 12.8. The molecule has 0 aliphatic carbocycles. The molecule has 0 fully saturated rings. The summed E-state index contributed by atoms with van der Waals surface area (Å²) in [5.41, 5.74) is 0. The molecule has 122 valence electrons. The predicted octanol–water partition coefficient (Wildman–Crippen LogP) is 2.19. The Morgan fingerprint density at radius 1 is 0.600 bits per heavy atom. The van der Waals surface area contributed by atoms with Crippen molar-refractivity contribution < 1.29 is 54.1 Å². The number of hydrogen-bond acceptors (Lipinski definition) is 2. The highest BCUT2D eigenvalue weighted by Gasteiger charge is 2.75. The minimum absolute atomic E-state index is 2.63. The standard InChI is InChI=1S/C8H8F10O2/c9-3(5(11,12)1-19)7(15,16)8(17,18)4(10)6(13,14)2-20/h3-4,19-20H,1-2H2. The van der Waals surface area contributed by atoms with Gasteiger partial charge in [0, 0.05) is 0 Å². The van der Waals surface area contributed by atoms with Crippen LogP contribution in [0.15, 0.2) is 0 Å². The number of halogens is 10. The smallest absolute Gasteiger partial charge is 0.349 e. The maximum Gasteiger partial charge on any atom is 0.349 e. The number of alkyl halides is 10. The van der Waals surface area contributed by atoms with Crippen molar-refractivity contribution in [1.29, 1.82) is 0 Å². The van der Waals surface area contributed by atoms with Crippen LogP contribution in [-0.4, -0.2) is 59.5 Å². The molecule has 20 heavy (non-hydrogen) atoms. The lowest BCUT2D eigenvalue weighted by molar-refractivity contribution is -0.322. The van der Waals surface area contributed by atoms with Crippen molar-refractivity contribution in [2.24, 2.45) is 0 Å². The van der Waals surface area contributed by atoms with E-state index in [4.69, 9.17) is 10.2 Å². The van der Waals surface area contributed by atoms with Crippen molar-refractivity contribution in [2.45, 2.75) is 36.0 Å². The molecule has 0 radical (unpaired) electrons. The zero-order chi connectivity index (χ0) is 16.6. The summed E-state index contributed by atoms with van der Waals surface area (Å²) < 4.78 is 126. The molecular formula is C8H8F10O2. The molecule has 0 bridgehead atoms. The lowest BCUT2D eigenvalue weighted by Gasteiger charge is -2.35. The Kier molecular flexibility index (Phi) is 5.33. The number of hydrogen-bond donors (Lipinski definition) is 2. The molecule has 0 saturated heterocycles. The molecule has 2 N–H and O–H groups in total. The molecule has 0 aliphatic heterocycles. The summed E-state index contributed by atoms with van der Waals surface area (Å²) in [4.78, 5) is 0. The largest absolute Gasteiger partial charge is 0.390 e. The summed E-state index contributed by atoms with van der Waals surface area (Å²) >= 11 is 0. The van der Waals surface area contributed by atoms with E-state index >= 15 is 0 Å². The van der Waals surface area contributed by atoms with Crippen LogP contribution in [0.25, 0.3) is 0 Å². The zero-order valence-electron chi connectivity index (χ0n) is 9.24. The van der Waals surface area contributed by atoms with Gasteiger partial charge in [-0.15, -0.1) is 0 Å². The molecule has 0 aliphatic rings. The fourth-order valence-corrected chi connectivity index (χ4v) is 1.03. The van der Waals surface area contributed by atoms with Gasteiger partial charge in [-0.1, -0.05) is 0 Å². The van der Waals surface area contributed by atoms with E-state index in [9.17, 15) is 43.9 Å². The monoisotopic (exact) mass is 326 g/mol. The second-order valence-electron chi connectivity index (χ2n) is 3.81. The SMILES string of the molecule is OCC(F)(F)C(F)C(F)(F)C(F)(F)C(F)C(F)(F)CO. The average Bonchev–Trinajstić information content (AvgIpc) is 2.36. The van der Waals surface area contributed by atoms with E-state index in [1.54, 1.807) is 0 Å². The molecule has 0 rings (SSSR count). The number of aliphatic hydroxyl groups excluding tert-OH is 2. The van der Waals surface area contributed by atoms with Crippen molar-refractivity contribution in [3.8, 4) is 0 Å². The van der Waals surface area contributed by atoms with Gasteiger partial charge in [0.1, 0.15) is 13.2 Å². The van der Waals surface area contributed by atoms with Gasteiger partial charge in [0.05, 0.1) is 0 Å². The first kappa shape index (κ1) is 19.2. The first-order valence-corrected chi connectivity index (χ1v) is 4.69. The minimum atomic E-state index is -6.56. The fourth-order valence-electron chi connectivity index (χ4n) is 1.03. The molecule has 0 saturated carbocycles. The third-order valence-electron chi connectivity index (χ3n) is 2.24. The van der Waals surface area contributed by atoms with Crippen molar-refractivity contribution in [1.82, 2.24) is 0 Å². The van der Waals surface area contributed by atoms with Crippen molar-refractivity contribution in [3.63, 3.8) is 0 Å². The highest BCUT2D eigenvalue weighted by Crippen LogP contribution is 2.49. The summed E-state index contributed by atoms with van der Waals surface area (Å²) in [5.74, 6) is -23.9. The molecule has 0 heterocycles. The maximum atomic E-state index is 12.8. The van der Waals surface area contributed by atoms with Crippen LogP contribution in [-0.2, 0) is 0 Å². The van der Waals surface area contributed by atoms with E-state index in [2.05, 4.69) is 0 Å². The Morgan fingerprint density at radius 2 is 0.800 bits per heavy atom. The van der Waals surface area contributed by atoms with E-state index in [1.165, 1.54) is 0 Å². The molecular weight excluding hydrogens is 318 g/mol. The molecule has 0 aromatic carbocycles. The Labute approximate surface area is 105 Å². The molecule has 2 unspecified atom stereocenters. The van der Waals surface area contributed by atoms with E-state index < -0.39 is 49.2 Å². The first-order valence-electron chi connectivity index (χ1n) is 4.69. The van der Waals surface area contributed by atoms with Gasteiger partial charge in [-0.25, -0.2) is 26.3 Å². The highest BCUT2D eigenvalue weighted by molar-refractivity contribution is 5.04. The van der Waals surface area contributed by atoms with Gasteiger partial charge in [-0.3, -0.25) is 0 Å². The van der Waals surface area contributed by atoms with E-state index in [1.807, 2.05) is 0 Å². The highest BCUT2D eigenvalue weighted by atomic mass is 19.3. The Hall–Kier alpha value is -0.780. The van der Waals surface area contributed by atoms with Crippen molar-refractivity contribution >= 4 is 0 Å². The first-order chi connectivity index (χ1) is 8.68. The Bertz CT molecular complexity index is 299. The van der Waals surface area contributed by atoms with Gasteiger partial charge < -0.3 is 10.2 Å². The Morgan fingerprint density at radius 3 is 0.950 bits per heavy atom. The molecule has 0 aromatic heterocycles. The summed E-state index contributed by atoms with van der Waals surface area (Å²) in [7, 11) is 0. The van der Waals surface area contributed by atoms with Gasteiger partial charge in [-0.05, 0) is 0 Å². The molecule has 12 heteroatoms. The van der Waals surface area contributed by atoms with Crippen molar-refractivity contribution in [3.05, 3.63) is 0 Å². The van der Waals surface area contributed by atoms with Crippen LogP contribution in [0.4, 0.5) is 43.9 Å². The minimum Gasteiger partial charge on any atom is -0.390 e. The summed E-state index contributed by atoms with van der Waals surface area (Å²) in [5, 5.41) is 15.8. The summed E-state index contributed by atoms with van der Waals surface area (Å²) in [6.45, 7) is -5.26. The third-order valence-corrected chi connectivity index (χ3v) is 2.24. The number of rotatable bonds is 7. The molecule has 2 nitrogen and oxygen atoms in total. The van der Waals surface area contributed by atoms with Crippen LogP contribution in [0.5, 0.6) is 0 Å². The van der Waals surface area contributed by atoms with Crippen LogP contribution < -0.4 is 0 Å². The normalized spacial score (nSPS) is 18.0. The van der Waals surface area contributed by atoms with Gasteiger partial charge >= 0.3 is 23.7 Å². The van der Waals surface area contributed by atoms with Crippen LogP contribution in [0.1, 0.15) is 0 Å². The summed E-state index contributed by atoms with van der Waals surface area (Å²) in [6.07, 6.45) is -10.2. The van der Waals surface area contributed by atoms with Gasteiger partial charge in [0.25, 0.3) is 0 Å². The predicted molar refractivity (Wildman–Crippen MR) is 43.8 cm³/mol. The lowest BCUT2D eigenvalue weighted by Crippen LogP contribution is -2.63. The Balaban J connectivity index is 5.57.